The number of halogens is 1. The molecule has 0 bridgehead atoms. The van der Waals surface area contributed by atoms with Crippen LogP contribution in [0.1, 0.15) is 6.92 Å². The number of alkyl halides is 1. The van der Waals surface area contributed by atoms with Crippen molar-refractivity contribution in [3.8, 4) is 0 Å². The number of hydrogen-bond donors (Lipinski definition) is 1. The van der Waals surface area contributed by atoms with Gasteiger partial charge in [0, 0.05) is 6.54 Å². The van der Waals surface area contributed by atoms with Crippen molar-refractivity contribution in [1.29, 1.82) is 0 Å². The zero-order valence-electron chi connectivity index (χ0n) is 5.32. The molecule has 0 unspecified atom stereocenters. The van der Waals surface area contributed by atoms with Gasteiger partial charge in [0.2, 0.25) is 5.91 Å². The first-order valence-corrected chi connectivity index (χ1v) is 4.40. The fourth-order valence-corrected chi connectivity index (χ4v) is 0.976. The van der Waals surface area contributed by atoms with Crippen LogP contribution in [-0.2, 0) is 4.79 Å². The maximum absolute atomic E-state index is 10.6. The number of thioether (sulfide) groups is 1. The van der Waals surface area contributed by atoms with Gasteiger partial charge in [-0.3, -0.25) is 4.79 Å². The lowest BCUT2D eigenvalue weighted by molar-refractivity contribution is -0.118. The summed E-state index contributed by atoms with van der Waals surface area (Å²) in [5.41, 5.74) is 0. The van der Waals surface area contributed by atoms with Gasteiger partial charge in [0.1, 0.15) is 0 Å². The second-order valence-electron chi connectivity index (χ2n) is 1.41. The van der Waals surface area contributed by atoms with Gasteiger partial charge >= 0.3 is 0 Å². The molecule has 0 aliphatic carbocycles. The molecule has 0 saturated carbocycles. The third-order valence-corrected chi connectivity index (χ3v) is 1.77. The van der Waals surface area contributed by atoms with Gasteiger partial charge < -0.3 is 5.32 Å². The van der Waals surface area contributed by atoms with E-state index in [9.17, 15) is 4.79 Å². The smallest absolute Gasteiger partial charge is 0.230 e. The number of nitrogens with one attached hydrogen (secondary N) is 1. The van der Waals surface area contributed by atoms with Crippen LogP contribution in [0.15, 0.2) is 0 Å². The Morgan fingerprint density at radius 2 is 2.44 bits per heavy atom. The summed E-state index contributed by atoms with van der Waals surface area (Å²) >= 11 is 6.74. The van der Waals surface area contributed by atoms with Crippen molar-refractivity contribution in [2.45, 2.75) is 6.92 Å². The summed E-state index contributed by atoms with van der Waals surface area (Å²) in [6, 6.07) is 0. The monoisotopic (exact) mass is 167 g/mol. The number of carbonyl (C=O) groups is 1. The third kappa shape index (κ3) is 5.99. The predicted octanol–water partition coefficient (Wildman–Crippen LogP) is 1.05. The van der Waals surface area contributed by atoms with Crippen molar-refractivity contribution in [2.75, 3.05) is 17.5 Å². The second-order valence-corrected chi connectivity index (χ2v) is 2.98. The van der Waals surface area contributed by atoms with E-state index in [1.165, 1.54) is 11.8 Å². The summed E-state index contributed by atoms with van der Waals surface area (Å²) in [6.07, 6.45) is 0. The Morgan fingerprint density at radius 3 is 2.89 bits per heavy atom. The van der Waals surface area contributed by atoms with E-state index in [0.717, 1.165) is 0 Å². The van der Waals surface area contributed by atoms with Crippen LogP contribution in [0.4, 0.5) is 0 Å². The van der Waals surface area contributed by atoms with Crippen LogP contribution in [0.3, 0.4) is 0 Å². The summed E-state index contributed by atoms with van der Waals surface area (Å²) in [4.78, 5) is 10.6. The highest BCUT2D eigenvalue weighted by Crippen LogP contribution is 2.00. The molecule has 2 nitrogen and oxygen atoms in total. The number of hydrogen-bond acceptors (Lipinski definition) is 2. The predicted molar refractivity (Wildman–Crippen MR) is 41.9 cm³/mol. The Hall–Kier alpha value is 0.110. The standard InChI is InChI=1S/C5H10ClNOS/c1-2-7-5(8)3-9-4-6/h2-4H2,1H3,(H,7,8). The molecule has 4 heteroatoms. The van der Waals surface area contributed by atoms with Gasteiger partial charge in [0.25, 0.3) is 0 Å². The van der Waals surface area contributed by atoms with Crippen LogP contribution in [0.2, 0.25) is 0 Å². The quantitative estimate of drug-likeness (QED) is 0.635. The maximum Gasteiger partial charge on any atom is 0.230 e. The van der Waals surface area contributed by atoms with Gasteiger partial charge in [-0.1, -0.05) is 0 Å². The van der Waals surface area contributed by atoms with Crippen LogP contribution in [0.5, 0.6) is 0 Å². The van der Waals surface area contributed by atoms with E-state index in [4.69, 9.17) is 11.6 Å². The molecule has 0 radical (unpaired) electrons. The maximum atomic E-state index is 10.6. The first kappa shape index (κ1) is 9.11. The fraction of sp³-hybridized carbons (Fsp3) is 0.800. The van der Waals surface area contributed by atoms with Gasteiger partial charge in [0.15, 0.2) is 0 Å². The molecule has 9 heavy (non-hydrogen) atoms. The molecule has 1 amide bonds. The average Bonchev–Trinajstić information content (AvgIpc) is 1.85. The molecule has 0 aromatic rings. The van der Waals surface area contributed by atoms with E-state index < -0.39 is 0 Å². The SMILES string of the molecule is CCNC(=O)CSCCl. The Balaban J connectivity index is 3.06. The molecule has 0 aromatic carbocycles. The van der Waals surface area contributed by atoms with Gasteiger partial charge in [-0.2, -0.15) is 0 Å². The van der Waals surface area contributed by atoms with E-state index >= 15 is 0 Å². The number of amides is 1. The highest BCUT2D eigenvalue weighted by Gasteiger charge is 1.95. The molecule has 0 rings (SSSR count). The molecule has 0 aromatic heterocycles. The van der Waals surface area contributed by atoms with Crippen LogP contribution in [0, 0.1) is 0 Å². The third-order valence-electron chi connectivity index (χ3n) is 0.684. The van der Waals surface area contributed by atoms with Crippen molar-refractivity contribution in [3.05, 3.63) is 0 Å². The van der Waals surface area contributed by atoms with Crippen molar-refractivity contribution in [1.82, 2.24) is 5.32 Å². The molecule has 0 heterocycles. The fourth-order valence-electron chi connectivity index (χ4n) is 0.379. The Labute approximate surface area is 64.3 Å². The van der Waals surface area contributed by atoms with Crippen LogP contribution in [-0.4, -0.2) is 23.4 Å². The van der Waals surface area contributed by atoms with Crippen LogP contribution >= 0.6 is 23.4 Å². The van der Waals surface area contributed by atoms with Crippen LogP contribution in [0.25, 0.3) is 0 Å². The molecule has 0 atom stereocenters. The Morgan fingerprint density at radius 1 is 1.78 bits per heavy atom. The molecule has 1 N–H and O–H groups in total. The van der Waals surface area contributed by atoms with Crippen LogP contribution < -0.4 is 5.32 Å². The summed E-state index contributed by atoms with van der Waals surface area (Å²) < 4.78 is 0. The van der Waals surface area contributed by atoms with E-state index in [-0.39, 0.29) is 5.91 Å². The first-order valence-electron chi connectivity index (χ1n) is 2.71. The average molecular weight is 168 g/mol. The minimum Gasteiger partial charge on any atom is -0.356 e. The Bertz CT molecular complexity index is 89.0. The highest BCUT2D eigenvalue weighted by molar-refractivity contribution is 8.00. The summed E-state index contributed by atoms with van der Waals surface area (Å²) in [6.45, 7) is 2.59. The van der Waals surface area contributed by atoms with Crippen molar-refractivity contribution in [3.63, 3.8) is 0 Å². The molecular weight excluding hydrogens is 158 g/mol. The molecule has 0 aliphatic rings. The van der Waals surface area contributed by atoms with E-state index in [2.05, 4.69) is 5.32 Å². The largest absolute Gasteiger partial charge is 0.356 e. The molecule has 0 saturated heterocycles. The molecule has 0 fully saturated rings. The second kappa shape index (κ2) is 6.23. The molecule has 0 spiro atoms. The number of rotatable bonds is 4. The summed E-state index contributed by atoms with van der Waals surface area (Å²) in [7, 11) is 0. The number of carbonyl (C=O) groups excluding carboxylic acids is 1. The normalized spacial score (nSPS) is 9.11. The van der Waals surface area contributed by atoms with Crippen molar-refractivity contribution in [2.24, 2.45) is 0 Å². The van der Waals surface area contributed by atoms with Gasteiger partial charge in [-0.15, -0.1) is 23.4 Å². The van der Waals surface area contributed by atoms with Gasteiger partial charge in [-0.25, -0.2) is 0 Å². The molecule has 54 valence electrons. The molecule has 0 aliphatic heterocycles. The van der Waals surface area contributed by atoms with Gasteiger partial charge in [-0.05, 0) is 6.92 Å². The minimum atomic E-state index is 0.0585. The Kier molecular flexibility index (Phi) is 6.31. The molecular formula is C5H10ClNOS. The summed E-state index contributed by atoms with van der Waals surface area (Å²) in [5.74, 6) is 0.528. The van der Waals surface area contributed by atoms with Crippen molar-refractivity contribution < 1.29 is 4.79 Å². The lowest BCUT2D eigenvalue weighted by atomic mass is 10.6. The highest BCUT2D eigenvalue weighted by atomic mass is 35.5. The van der Waals surface area contributed by atoms with E-state index in [1.807, 2.05) is 6.92 Å². The zero-order chi connectivity index (χ0) is 7.11. The topological polar surface area (TPSA) is 29.1 Å². The first-order chi connectivity index (χ1) is 4.31. The lowest BCUT2D eigenvalue weighted by Gasteiger charge is -1.97. The van der Waals surface area contributed by atoms with E-state index in [0.29, 0.717) is 17.5 Å². The van der Waals surface area contributed by atoms with Crippen molar-refractivity contribution >= 4 is 29.3 Å². The lowest BCUT2D eigenvalue weighted by Crippen LogP contribution is -2.24. The summed E-state index contributed by atoms with van der Waals surface area (Å²) in [5, 5.41) is 3.15. The zero-order valence-corrected chi connectivity index (χ0v) is 6.89. The van der Waals surface area contributed by atoms with E-state index in [1.54, 1.807) is 0 Å². The minimum absolute atomic E-state index is 0.0585. The van der Waals surface area contributed by atoms with Gasteiger partial charge in [0.05, 0.1) is 11.0 Å².